The van der Waals surface area contributed by atoms with Gasteiger partial charge in [0.2, 0.25) is 0 Å². The van der Waals surface area contributed by atoms with Crippen LogP contribution in [-0.2, 0) is 0 Å². The largest absolute Gasteiger partial charge is 0.288 e. The molecule has 4 nitrogen and oxygen atoms in total. The number of ketones is 2. The highest BCUT2D eigenvalue weighted by Crippen LogP contribution is 2.33. The topological polar surface area (TPSA) is 59.9 Å². The molecule has 0 spiro atoms. The van der Waals surface area contributed by atoms with E-state index in [1.807, 2.05) is 54.6 Å². The van der Waals surface area contributed by atoms with Crippen LogP contribution in [0.1, 0.15) is 36.3 Å². The molecule has 0 aliphatic heterocycles. The summed E-state index contributed by atoms with van der Waals surface area (Å²) in [5.41, 5.74) is 1.99. The molecule has 0 bridgehead atoms. The number of aromatic nitrogens is 2. The number of carbonyl (C=O) groups is 2. The maximum atomic E-state index is 12.9. The summed E-state index contributed by atoms with van der Waals surface area (Å²) >= 11 is 2.75. The Balaban J connectivity index is 1.33. The molecule has 3 aromatic carbocycles. The maximum absolute atomic E-state index is 12.9. The summed E-state index contributed by atoms with van der Waals surface area (Å²) in [6.07, 6.45) is 1.59. The molecule has 1 aliphatic carbocycles. The third-order valence-electron chi connectivity index (χ3n) is 5.21. The molecule has 0 fully saturated rings. The summed E-state index contributed by atoms with van der Waals surface area (Å²) in [4.78, 5) is 36.5. The van der Waals surface area contributed by atoms with Crippen LogP contribution in [0.3, 0.4) is 0 Å². The Kier molecular flexibility index (Phi) is 4.32. The van der Waals surface area contributed by atoms with Gasteiger partial charge in [-0.05, 0) is 47.0 Å². The molecule has 1 aliphatic rings. The van der Waals surface area contributed by atoms with Gasteiger partial charge in [0, 0.05) is 16.7 Å². The molecule has 0 N–H and O–H groups in total. The summed E-state index contributed by atoms with van der Waals surface area (Å²) < 4.78 is 0. The molecule has 0 unspecified atom stereocenters. The van der Waals surface area contributed by atoms with E-state index in [1.54, 1.807) is 18.2 Å². The molecule has 150 valence electrons. The second kappa shape index (κ2) is 7.34. The molecule has 0 amide bonds. The number of nitrogens with zero attached hydrogens (tertiary/aromatic N) is 2. The second-order valence-corrected chi connectivity index (χ2v) is 9.25. The SMILES string of the molecule is O=C1C(=Cc2nc3sc(C#Cc4ccccc4)nc3s2)C(=O)c2cc3ccccc3cc21. The van der Waals surface area contributed by atoms with Crippen LogP contribution in [-0.4, -0.2) is 21.5 Å². The highest BCUT2D eigenvalue weighted by molar-refractivity contribution is 7.27. The fourth-order valence-electron chi connectivity index (χ4n) is 3.68. The average molecular weight is 449 g/mol. The van der Waals surface area contributed by atoms with Gasteiger partial charge in [0.25, 0.3) is 0 Å². The van der Waals surface area contributed by atoms with Crippen molar-refractivity contribution in [1.82, 2.24) is 9.97 Å². The van der Waals surface area contributed by atoms with E-state index in [-0.39, 0.29) is 17.1 Å². The van der Waals surface area contributed by atoms with Gasteiger partial charge in [-0.15, -0.1) is 0 Å². The van der Waals surface area contributed by atoms with Crippen LogP contribution in [0, 0.1) is 11.8 Å². The van der Waals surface area contributed by atoms with Crippen LogP contribution in [0.4, 0.5) is 0 Å². The Labute approximate surface area is 190 Å². The Bertz CT molecular complexity index is 1580. The molecule has 6 heteroatoms. The van der Waals surface area contributed by atoms with Crippen molar-refractivity contribution >= 4 is 60.7 Å². The number of Topliss-reactive ketones (excluding diaryl/α,β-unsaturated/α-hetero) is 2. The molecule has 32 heavy (non-hydrogen) atoms. The van der Waals surface area contributed by atoms with Gasteiger partial charge in [0.1, 0.15) is 5.01 Å². The van der Waals surface area contributed by atoms with E-state index in [4.69, 9.17) is 0 Å². The van der Waals surface area contributed by atoms with Crippen LogP contribution in [0.25, 0.3) is 26.5 Å². The number of hydrogen-bond donors (Lipinski definition) is 0. The Morgan fingerprint density at radius 3 is 2.00 bits per heavy atom. The van der Waals surface area contributed by atoms with Crippen molar-refractivity contribution in [3.8, 4) is 11.8 Å². The van der Waals surface area contributed by atoms with Crippen molar-refractivity contribution in [3.05, 3.63) is 99.0 Å². The molecule has 0 saturated carbocycles. The minimum Gasteiger partial charge on any atom is -0.288 e. The lowest BCUT2D eigenvalue weighted by Crippen LogP contribution is -1.99. The van der Waals surface area contributed by atoms with E-state index < -0.39 is 0 Å². The lowest BCUT2D eigenvalue weighted by atomic mass is 10.0. The molecule has 0 atom stereocenters. The van der Waals surface area contributed by atoms with Gasteiger partial charge in [-0.25, -0.2) is 9.97 Å². The first-order valence-corrected chi connectivity index (χ1v) is 11.5. The lowest BCUT2D eigenvalue weighted by Gasteiger charge is -2.00. The van der Waals surface area contributed by atoms with Gasteiger partial charge < -0.3 is 0 Å². The van der Waals surface area contributed by atoms with Crippen molar-refractivity contribution in [2.45, 2.75) is 0 Å². The summed E-state index contributed by atoms with van der Waals surface area (Å²) in [5.74, 6) is 5.66. The summed E-state index contributed by atoms with van der Waals surface area (Å²) in [7, 11) is 0. The zero-order valence-electron chi connectivity index (χ0n) is 16.5. The zero-order valence-corrected chi connectivity index (χ0v) is 18.1. The first kappa shape index (κ1) is 18.8. The number of allylic oxidation sites excluding steroid dienone is 1. The van der Waals surface area contributed by atoms with Gasteiger partial charge >= 0.3 is 0 Å². The van der Waals surface area contributed by atoms with E-state index in [0.717, 1.165) is 26.0 Å². The normalized spacial score (nSPS) is 12.8. The van der Waals surface area contributed by atoms with E-state index in [0.29, 0.717) is 21.1 Å². The van der Waals surface area contributed by atoms with E-state index in [2.05, 4.69) is 21.8 Å². The van der Waals surface area contributed by atoms with Crippen molar-refractivity contribution in [1.29, 1.82) is 0 Å². The zero-order chi connectivity index (χ0) is 21.7. The Morgan fingerprint density at radius 2 is 1.34 bits per heavy atom. The quantitative estimate of drug-likeness (QED) is 0.186. The van der Waals surface area contributed by atoms with Crippen LogP contribution >= 0.6 is 22.7 Å². The van der Waals surface area contributed by atoms with Crippen LogP contribution < -0.4 is 0 Å². The fourth-order valence-corrected chi connectivity index (χ4v) is 5.53. The minimum absolute atomic E-state index is 0.154. The van der Waals surface area contributed by atoms with Gasteiger partial charge in [0.15, 0.2) is 26.2 Å². The van der Waals surface area contributed by atoms with Crippen molar-refractivity contribution in [2.75, 3.05) is 0 Å². The highest BCUT2D eigenvalue weighted by Gasteiger charge is 2.33. The summed E-state index contributed by atoms with van der Waals surface area (Å²) in [6.45, 7) is 0. The van der Waals surface area contributed by atoms with E-state index in [9.17, 15) is 9.59 Å². The van der Waals surface area contributed by atoms with E-state index >= 15 is 0 Å². The van der Waals surface area contributed by atoms with Crippen molar-refractivity contribution < 1.29 is 9.59 Å². The highest BCUT2D eigenvalue weighted by atomic mass is 32.1. The number of hydrogen-bond acceptors (Lipinski definition) is 6. The monoisotopic (exact) mass is 448 g/mol. The lowest BCUT2D eigenvalue weighted by molar-refractivity contribution is 0.0990. The number of benzene rings is 3. The maximum Gasteiger partial charge on any atom is 0.197 e. The predicted octanol–water partition coefficient (Wildman–Crippen LogP) is 5.77. The van der Waals surface area contributed by atoms with Crippen LogP contribution in [0.15, 0.2) is 72.3 Å². The molecule has 5 aromatic rings. The molecule has 0 radical (unpaired) electrons. The van der Waals surface area contributed by atoms with Gasteiger partial charge in [-0.3, -0.25) is 9.59 Å². The number of rotatable bonds is 1. The first-order valence-electron chi connectivity index (χ1n) is 9.84. The van der Waals surface area contributed by atoms with Gasteiger partial charge in [0.05, 0.1) is 5.57 Å². The molecular weight excluding hydrogens is 436 g/mol. The van der Waals surface area contributed by atoms with Crippen LogP contribution in [0.2, 0.25) is 0 Å². The molecular formula is C26H12N2O2S2. The second-order valence-electron chi connectivity index (χ2n) is 7.26. The number of thiazole rings is 2. The van der Waals surface area contributed by atoms with Crippen LogP contribution in [0.5, 0.6) is 0 Å². The van der Waals surface area contributed by atoms with Gasteiger partial charge in [-0.1, -0.05) is 71.1 Å². The van der Waals surface area contributed by atoms with Gasteiger partial charge in [-0.2, -0.15) is 0 Å². The molecule has 6 rings (SSSR count). The fraction of sp³-hybridized carbons (Fsp3) is 0. The van der Waals surface area contributed by atoms with E-state index in [1.165, 1.54) is 22.7 Å². The Hall–Kier alpha value is -3.92. The minimum atomic E-state index is -0.253. The molecule has 2 aromatic heterocycles. The predicted molar refractivity (Wildman–Crippen MR) is 128 cm³/mol. The molecule has 2 heterocycles. The third-order valence-corrected chi connectivity index (χ3v) is 7.10. The Morgan fingerprint density at radius 1 is 0.719 bits per heavy atom. The summed E-state index contributed by atoms with van der Waals surface area (Å²) in [6, 6.07) is 21.0. The molecule has 0 saturated heterocycles. The summed E-state index contributed by atoms with van der Waals surface area (Å²) in [5, 5.41) is 3.16. The standard InChI is InChI=1S/C26H12N2O2S2/c29-23-18-12-16-8-4-5-9-17(16)13-19(18)24(30)20(23)14-22-28-26-25(32-22)27-21(31-26)11-10-15-6-2-1-3-7-15/h1-9,12-14H. The van der Waals surface area contributed by atoms with Crippen molar-refractivity contribution in [2.24, 2.45) is 0 Å². The first-order chi connectivity index (χ1) is 15.7. The average Bonchev–Trinajstić information content (AvgIpc) is 3.44. The number of fused-ring (bicyclic) bond motifs is 3. The third kappa shape index (κ3) is 3.16. The number of carbonyl (C=O) groups excluding carboxylic acids is 2. The van der Waals surface area contributed by atoms with Crippen molar-refractivity contribution in [3.63, 3.8) is 0 Å². The smallest absolute Gasteiger partial charge is 0.197 e.